The number of aromatic nitrogens is 4. The molecule has 0 fully saturated rings. The fraction of sp³-hybridized carbons (Fsp3) is 0.0667. The van der Waals surface area contributed by atoms with Gasteiger partial charge < -0.3 is 4.74 Å². The molecule has 3 rings (SSSR count). The lowest BCUT2D eigenvalue weighted by molar-refractivity contribution is 0.0593. The second kappa shape index (κ2) is 5.72. The van der Waals surface area contributed by atoms with E-state index in [9.17, 15) is 9.18 Å². The summed E-state index contributed by atoms with van der Waals surface area (Å²) in [5, 5.41) is 4.17. The molecule has 0 bridgehead atoms. The molecule has 0 aliphatic carbocycles. The minimum atomic E-state index is -0.571. The van der Waals surface area contributed by atoms with Gasteiger partial charge in [0.2, 0.25) is 0 Å². The normalized spacial score (nSPS) is 10.5. The van der Waals surface area contributed by atoms with E-state index >= 15 is 0 Å². The quantitative estimate of drug-likeness (QED) is 0.694. The Bertz CT molecular complexity index is 800. The average Bonchev–Trinajstić information content (AvgIpc) is 3.01. The van der Waals surface area contributed by atoms with E-state index in [0.717, 1.165) is 0 Å². The minimum absolute atomic E-state index is 0.120. The zero-order valence-corrected chi connectivity index (χ0v) is 11.6. The molecule has 6 nitrogen and oxygen atoms in total. The van der Waals surface area contributed by atoms with Crippen molar-refractivity contribution in [1.82, 2.24) is 19.7 Å². The third kappa shape index (κ3) is 2.56. The van der Waals surface area contributed by atoms with Crippen molar-refractivity contribution in [3.8, 4) is 17.2 Å². The predicted molar refractivity (Wildman–Crippen MR) is 75.9 cm³/mol. The standard InChI is InChI=1S/C15H11FN4O2/c1-22-14(21)12-9-13(10-3-5-11(16)6-4-10)20(19-12)15-17-7-2-8-18-15/h2-9H,1H3. The first kappa shape index (κ1) is 13.9. The van der Waals surface area contributed by atoms with Gasteiger partial charge in [-0.15, -0.1) is 0 Å². The lowest BCUT2D eigenvalue weighted by Crippen LogP contribution is -2.07. The number of carbonyl (C=O) groups excluding carboxylic acids is 1. The average molecular weight is 298 g/mol. The van der Waals surface area contributed by atoms with Gasteiger partial charge in [-0.25, -0.2) is 19.2 Å². The zero-order valence-electron chi connectivity index (χ0n) is 11.6. The highest BCUT2D eigenvalue weighted by molar-refractivity contribution is 5.88. The third-order valence-corrected chi connectivity index (χ3v) is 2.99. The molecule has 110 valence electrons. The Morgan fingerprint density at radius 2 is 1.86 bits per heavy atom. The number of nitrogens with zero attached hydrogens (tertiary/aromatic N) is 4. The van der Waals surface area contributed by atoms with Crippen LogP contribution < -0.4 is 0 Å². The fourth-order valence-electron chi connectivity index (χ4n) is 1.96. The van der Waals surface area contributed by atoms with Gasteiger partial charge in [-0.1, -0.05) is 0 Å². The van der Waals surface area contributed by atoms with Crippen LogP contribution in [-0.2, 0) is 4.74 Å². The molecule has 0 atom stereocenters. The van der Waals surface area contributed by atoms with E-state index in [0.29, 0.717) is 17.2 Å². The maximum atomic E-state index is 13.1. The lowest BCUT2D eigenvalue weighted by atomic mass is 10.1. The van der Waals surface area contributed by atoms with Gasteiger partial charge in [-0.05, 0) is 36.4 Å². The lowest BCUT2D eigenvalue weighted by Gasteiger charge is -2.05. The van der Waals surface area contributed by atoms with Crippen LogP contribution in [0.25, 0.3) is 17.2 Å². The van der Waals surface area contributed by atoms with E-state index in [1.165, 1.54) is 23.9 Å². The summed E-state index contributed by atoms with van der Waals surface area (Å²) >= 11 is 0. The van der Waals surface area contributed by atoms with Crippen LogP contribution in [-0.4, -0.2) is 32.8 Å². The monoisotopic (exact) mass is 298 g/mol. The largest absolute Gasteiger partial charge is 0.464 e. The predicted octanol–water partition coefficient (Wildman–Crippen LogP) is 2.25. The van der Waals surface area contributed by atoms with Gasteiger partial charge in [0, 0.05) is 18.0 Å². The van der Waals surface area contributed by atoms with Crippen molar-refractivity contribution in [3.63, 3.8) is 0 Å². The molecule has 0 unspecified atom stereocenters. The molecule has 3 aromatic rings. The number of rotatable bonds is 3. The van der Waals surface area contributed by atoms with Crippen molar-refractivity contribution in [2.24, 2.45) is 0 Å². The molecule has 0 saturated carbocycles. The van der Waals surface area contributed by atoms with E-state index in [4.69, 9.17) is 0 Å². The Morgan fingerprint density at radius 1 is 1.18 bits per heavy atom. The smallest absolute Gasteiger partial charge is 0.358 e. The van der Waals surface area contributed by atoms with E-state index < -0.39 is 5.97 Å². The highest BCUT2D eigenvalue weighted by atomic mass is 19.1. The SMILES string of the molecule is COC(=O)c1cc(-c2ccc(F)cc2)n(-c2ncccn2)n1. The number of esters is 1. The topological polar surface area (TPSA) is 69.9 Å². The van der Waals surface area contributed by atoms with Crippen molar-refractivity contribution in [2.75, 3.05) is 7.11 Å². The second-order valence-electron chi connectivity index (χ2n) is 4.37. The fourth-order valence-corrected chi connectivity index (χ4v) is 1.96. The van der Waals surface area contributed by atoms with E-state index in [1.807, 2.05) is 0 Å². The molecule has 7 heteroatoms. The molecule has 0 amide bonds. The summed E-state index contributed by atoms with van der Waals surface area (Å²) in [6.45, 7) is 0. The van der Waals surface area contributed by atoms with Gasteiger partial charge in [0.1, 0.15) is 5.82 Å². The van der Waals surface area contributed by atoms with Crippen molar-refractivity contribution in [3.05, 3.63) is 60.3 Å². The van der Waals surface area contributed by atoms with Crippen LogP contribution in [0.2, 0.25) is 0 Å². The number of hydrogen-bond acceptors (Lipinski definition) is 5. The van der Waals surface area contributed by atoms with Crippen LogP contribution in [0.3, 0.4) is 0 Å². The first-order valence-electron chi connectivity index (χ1n) is 6.41. The van der Waals surface area contributed by atoms with Gasteiger partial charge >= 0.3 is 5.97 Å². The summed E-state index contributed by atoms with van der Waals surface area (Å²) < 4.78 is 19.2. The Hall–Kier alpha value is -3.09. The molecular formula is C15H11FN4O2. The van der Waals surface area contributed by atoms with Crippen LogP contribution >= 0.6 is 0 Å². The Morgan fingerprint density at radius 3 is 2.50 bits per heavy atom. The summed E-state index contributed by atoms with van der Waals surface area (Å²) in [6.07, 6.45) is 3.13. The number of halogens is 1. The van der Waals surface area contributed by atoms with Crippen LogP contribution in [0.4, 0.5) is 4.39 Å². The van der Waals surface area contributed by atoms with Gasteiger partial charge in [0.05, 0.1) is 12.8 Å². The summed E-state index contributed by atoms with van der Waals surface area (Å²) in [4.78, 5) is 19.9. The van der Waals surface area contributed by atoms with Crippen molar-refractivity contribution in [1.29, 1.82) is 0 Å². The van der Waals surface area contributed by atoms with Gasteiger partial charge in [0.25, 0.3) is 5.95 Å². The van der Waals surface area contributed by atoms with Gasteiger partial charge in [0.15, 0.2) is 5.69 Å². The maximum Gasteiger partial charge on any atom is 0.358 e. The molecule has 1 aromatic carbocycles. The van der Waals surface area contributed by atoms with E-state index in [-0.39, 0.29) is 11.5 Å². The summed E-state index contributed by atoms with van der Waals surface area (Å²) in [5.74, 6) is -0.617. The molecule has 0 radical (unpaired) electrons. The van der Waals surface area contributed by atoms with Crippen LogP contribution in [0.15, 0.2) is 48.8 Å². The number of benzene rings is 1. The van der Waals surface area contributed by atoms with Crippen molar-refractivity contribution in [2.45, 2.75) is 0 Å². The molecule has 2 heterocycles. The number of hydrogen-bond donors (Lipinski definition) is 0. The molecule has 0 aliphatic rings. The summed E-state index contributed by atoms with van der Waals surface area (Å²) in [6, 6.07) is 9.06. The van der Waals surface area contributed by atoms with Gasteiger partial charge in [-0.3, -0.25) is 0 Å². The highest BCUT2D eigenvalue weighted by Crippen LogP contribution is 2.23. The molecule has 0 aliphatic heterocycles. The zero-order chi connectivity index (χ0) is 15.5. The van der Waals surface area contributed by atoms with E-state index in [2.05, 4.69) is 19.8 Å². The van der Waals surface area contributed by atoms with E-state index in [1.54, 1.807) is 36.7 Å². The van der Waals surface area contributed by atoms with Crippen molar-refractivity contribution < 1.29 is 13.9 Å². The molecule has 2 aromatic heterocycles. The molecule has 22 heavy (non-hydrogen) atoms. The first-order chi connectivity index (χ1) is 10.7. The maximum absolute atomic E-state index is 13.1. The third-order valence-electron chi connectivity index (χ3n) is 2.99. The van der Waals surface area contributed by atoms with Crippen LogP contribution in [0.5, 0.6) is 0 Å². The Balaban J connectivity index is 2.17. The highest BCUT2D eigenvalue weighted by Gasteiger charge is 2.18. The van der Waals surface area contributed by atoms with Crippen LogP contribution in [0, 0.1) is 5.82 Å². The summed E-state index contributed by atoms with van der Waals surface area (Å²) in [5.41, 5.74) is 1.36. The number of methoxy groups -OCH3 is 1. The minimum Gasteiger partial charge on any atom is -0.464 e. The Kier molecular flexibility index (Phi) is 3.61. The summed E-state index contributed by atoms with van der Waals surface area (Å²) in [7, 11) is 1.28. The Labute approximate surface area is 125 Å². The number of ether oxygens (including phenoxy) is 1. The van der Waals surface area contributed by atoms with Crippen molar-refractivity contribution >= 4 is 5.97 Å². The van der Waals surface area contributed by atoms with Crippen LogP contribution in [0.1, 0.15) is 10.5 Å². The number of carbonyl (C=O) groups is 1. The van der Waals surface area contributed by atoms with Gasteiger partial charge in [-0.2, -0.15) is 9.78 Å². The molecule has 0 saturated heterocycles. The first-order valence-corrected chi connectivity index (χ1v) is 6.41. The molecule has 0 N–H and O–H groups in total. The molecular weight excluding hydrogens is 287 g/mol. The molecule has 0 spiro atoms. The second-order valence-corrected chi connectivity index (χ2v) is 4.37.